The summed E-state index contributed by atoms with van der Waals surface area (Å²) in [6.07, 6.45) is 0.614. The normalized spacial score (nSPS) is 10.3. The maximum absolute atomic E-state index is 13.0. The molecule has 2 aromatic rings. The summed E-state index contributed by atoms with van der Waals surface area (Å²) < 4.78 is 13.0. The molecule has 0 bridgehead atoms. The van der Waals surface area contributed by atoms with E-state index in [0.29, 0.717) is 19.5 Å². The molecule has 0 aliphatic heterocycles. The molecule has 20 heavy (non-hydrogen) atoms. The molecule has 2 N–H and O–H groups in total. The highest BCUT2D eigenvalue weighted by molar-refractivity contribution is 7.11. The summed E-state index contributed by atoms with van der Waals surface area (Å²) in [4.78, 5) is 13.9. The standard InChI is InChI=1S/C15H17FN2OS/c1-11-5-6-14(20-11)10-18-15(19)17-8-7-12-3-2-4-13(16)9-12/h2-6,9H,7-8,10H2,1H3,(H2,17,18,19). The number of urea groups is 1. The Bertz CT molecular complexity index is 583. The summed E-state index contributed by atoms with van der Waals surface area (Å²) in [5, 5.41) is 5.56. The minimum Gasteiger partial charge on any atom is -0.338 e. The van der Waals surface area contributed by atoms with Crippen LogP contribution in [0.15, 0.2) is 36.4 Å². The molecule has 0 radical (unpaired) electrons. The van der Waals surface area contributed by atoms with Gasteiger partial charge in [-0.2, -0.15) is 0 Å². The van der Waals surface area contributed by atoms with Crippen LogP contribution in [0.1, 0.15) is 15.3 Å². The van der Waals surface area contributed by atoms with Gasteiger partial charge >= 0.3 is 6.03 Å². The second-order valence-corrected chi connectivity index (χ2v) is 5.87. The van der Waals surface area contributed by atoms with Gasteiger partial charge in [0.1, 0.15) is 5.82 Å². The van der Waals surface area contributed by atoms with Crippen molar-refractivity contribution in [3.8, 4) is 0 Å². The first kappa shape index (κ1) is 14.5. The highest BCUT2D eigenvalue weighted by atomic mass is 32.1. The van der Waals surface area contributed by atoms with Crippen molar-refractivity contribution in [1.29, 1.82) is 0 Å². The molecule has 0 saturated carbocycles. The number of carbonyl (C=O) groups is 1. The van der Waals surface area contributed by atoms with Crippen LogP contribution in [0.2, 0.25) is 0 Å². The third-order valence-electron chi connectivity index (χ3n) is 2.81. The van der Waals surface area contributed by atoms with Crippen molar-refractivity contribution in [2.24, 2.45) is 0 Å². The SMILES string of the molecule is Cc1ccc(CNC(=O)NCCc2cccc(F)c2)s1. The number of rotatable bonds is 5. The van der Waals surface area contributed by atoms with Gasteiger partial charge in [-0.25, -0.2) is 9.18 Å². The maximum Gasteiger partial charge on any atom is 0.315 e. The third-order valence-corrected chi connectivity index (χ3v) is 3.81. The van der Waals surface area contributed by atoms with Crippen LogP contribution in [-0.2, 0) is 13.0 Å². The molecule has 0 unspecified atom stereocenters. The Kier molecular flexibility index (Phi) is 5.12. The number of hydrogen-bond donors (Lipinski definition) is 2. The first-order valence-electron chi connectivity index (χ1n) is 6.45. The second kappa shape index (κ2) is 7.05. The van der Waals surface area contributed by atoms with Gasteiger partial charge in [-0.15, -0.1) is 11.3 Å². The smallest absolute Gasteiger partial charge is 0.315 e. The minimum atomic E-state index is -0.250. The Hall–Kier alpha value is -1.88. The molecule has 106 valence electrons. The van der Waals surface area contributed by atoms with Gasteiger partial charge in [-0.05, 0) is 43.2 Å². The number of amides is 2. The Balaban J connectivity index is 1.67. The molecular weight excluding hydrogens is 275 g/mol. The Labute approximate surface area is 121 Å². The van der Waals surface area contributed by atoms with Crippen molar-refractivity contribution in [2.45, 2.75) is 19.9 Å². The summed E-state index contributed by atoms with van der Waals surface area (Å²) in [6, 6.07) is 10.2. The molecule has 0 spiro atoms. The van der Waals surface area contributed by atoms with E-state index in [0.717, 1.165) is 10.4 Å². The zero-order valence-corrected chi connectivity index (χ0v) is 12.1. The molecule has 0 atom stereocenters. The Morgan fingerprint density at radius 2 is 2.10 bits per heavy atom. The van der Waals surface area contributed by atoms with Crippen molar-refractivity contribution in [3.63, 3.8) is 0 Å². The first-order chi connectivity index (χ1) is 9.63. The molecule has 0 fully saturated rings. The molecule has 0 aliphatic carbocycles. The number of halogens is 1. The van der Waals surface area contributed by atoms with Gasteiger partial charge in [0.25, 0.3) is 0 Å². The second-order valence-electron chi connectivity index (χ2n) is 4.50. The van der Waals surface area contributed by atoms with E-state index in [1.807, 2.05) is 25.1 Å². The lowest BCUT2D eigenvalue weighted by Crippen LogP contribution is -2.36. The number of benzene rings is 1. The lowest BCUT2D eigenvalue weighted by atomic mass is 10.1. The average molecular weight is 292 g/mol. The van der Waals surface area contributed by atoms with E-state index in [-0.39, 0.29) is 11.8 Å². The van der Waals surface area contributed by atoms with E-state index < -0.39 is 0 Å². The molecule has 5 heteroatoms. The van der Waals surface area contributed by atoms with Crippen molar-refractivity contribution < 1.29 is 9.18 Å². The van der Waals surface area contributed by atoms with Crippen LogP contribution in [-0.4, -0.2) is 12.6 Å². The van der Waals surface area contributed by atoms with E-state index in [4.69, 9.17) is 0 Å². The van der Waals surface area contributed by atoms with E-state index in [1.165, 1.54) is 17.0 Å². The maximum atomic E-state index is 13.0. The van der Waals surface area contributed by atoms with Crippen molar-refractivity contribution in [3.05, 3.63) is 57.5 Å². The van der Waals surface area contributed by atoms with Gasteiger partial charge in [-0.1, -0.05) is 12.1 Å². The van der Waals surface area contributed by atoms with Gasteiger partial charge in [0, 0.05) is 16.3 Å². The largest absolute Gasteiger partial charge is 0.338 e. The van der Waals surface area contributed by atoms with Crippen LogP contribution in [0.25, 0.3) is 0 Å². The highest BCUT2D eigenvalue weighted by Crippen LogP contribution is 2.14. The molecule has 3 nitrogen and oxygen atoms in total. The van der Waals surface area contributed by atoms with Gasteiger partial charge < -0.3 is 10.6 Å². The fraction of sp³-hybridized carbons (Fsp3) is 0.267. The molecule has 2 amide bonds. The van der Waals surface area contributed by atoms with Gasteiger partial charge in [0.05, 0.1) is 6.54 Å². The van der Waals surface area contributed by atoms with Gasteiger partial charge in [0.2, 0.25) is 0 Å². The van der Waals surface area contributed by atoms with Gasteiger partial charge in [-0.3, -0.25) is 0 Å². The fourth-order valence-electron chi connectivity index (χ4n) is 1.82. The first-order valence-corrected chi connectivity index (χ1v) is 7.26. The molecule has 1 aromatic carbocycles. The Morgan fingerprint density at radius 3 is 2.80 bits per heavy atom. The topological polar surface area (TPSA) is 41.1 Å². The van der Waals surface area contributed by atoms with E-state index in [2.05, 4.69) is 10.6 Å². The lowest BCUT2D eigenvalue weighted by Gasteiger charge is -2.07. The third kappa shape index (κ3) is 4.66. The average Bonchev–Trinajstić information content (AvgIpc) is 2.82. The molecule has 0 aliphatic rings. The molecule has 1 aromatic heterocycles. The number of aryl methyl sites for hydroxylation is 1. The summed E-state index contributed by atoms with van der Waals surface area (Å²) >= 11 is 1.67. The number of nitrogens with one attached hydrogen (secondary N) is 2. The van der Waals surface area contributed by atoms with Crippen molar-refractivity contribution >= 4 is 17.4 Å². The summed E-state index contributed by atoms with van der Waals surface area (Å²) in [5.74, 6) is -0.250. The van der Waals surface area contributed by atoms with Crippen LogP contribution in [0.4, 0.5) is 9.18 Å². The number of thiophene rings is 1. The minimum absolute atomic E-state index is 0.201. The van der Waals surface area contributed by atoms with Crippen LogP contribution in [0.5, 0.6) is 0 Å². The van der Waals surface area contributed by atoms with Crippen LogP contribution in [0, 0.1) is 12.7 Å². The molecule has 0 saturated heterocycles. The van der Waals surface area contributed by atoms with E-state index in [1.54, 1.807) is 17.4 Å². The van der Waals surface area contributed by atoms with Crippen molar-refractivity contribution in [1.82, 2.24) is 10.6 Å². The number of hydrogen-bond acceptors (Lipinski definition) is 2. The monoisotopic (exact) mass is 292 g/mol. The number of carbonyl (C=O) groups excluding carboxylic acids is 1. The molecular formula is C15H17FN2OS. The van der Waals surface area contributed by atoms with E-state index in [9.17, 15) is 9.18 Å². The Morgan fingerprint density at radius 1 is 1.25 bits per heavy atom. The van der Waals surface area contributed by atoms with Crippen LogP contribution < -0.4 is 10.6 Å². The highest BCUT2D eigenvalue weighted by Gasteiger charge is 2.02. The molecule has 1 heterocycles. The summed E-state index contributed by atoms with van der Waals surface area (Å²) in [7, 11) is 0. The zero-order chi connectivity index (χ0) is 14.4. The quantitative estimate of drug-likeness (QED) is 0.872. The van der Waals surface area contributed by atoms with Crippen LogP contribution >= 0.6 is 11.3 Å². The van der Waals surface area contributed by atoms with Crippen LogP contribution in [0.3, 0.4) is 0 Å². The summed E-state index contributed by atoms with van der Waals surface area (Å²) in [5.41, 5.74) is 0.874. The predicted molar refractivity (Wildman–Crippen MR) is 79.4 cm³/mol. The lowest BCUT2D eigenvalue weighted by molar-refractivity contribution is 0.240. The zero-order valence-electron chi connectivity index (χ0n) is 11.3. The van der Waals surface area contributed by atoms with E-state index >= 15 is 0 Å². The summed E-state index contributed by atoms with van der Waals surface area (Å²) in [6.45, 7) is 3.05. The predicted octanol–water partition coefficient (Wildman–Crippen LogP) is 3.24. The van der Waals surface area contributed by atoms with Gasteiger partial charge in [0.15, 0.2) is 0 Å². The molecule has 2 rings (SSSR count). The van der Waals surface area contributed by atoms with Crippen molar-refractivity contribution in [2.75, 3.05) is 6.54 Å². The fourth-order valence-corrected chi connectivity index (χ4v) is 2.65.